The Labute approximate surface area is 135 Å². The minimum absolute atomic E-state index is 0.260. The van der Waals surface area contributed by atoms with Crippen molar-refractivity contribution >= 4 is 0 Å². The number of nitrogens with zero attached hydrogens (tertiary/aromatic N) is 2. The van der Waals surface area contributed by atoms with E-state index < -0.39 is 0 Å². The molecule has 2 aromatic heterocycles. The molecule has 3 heterocycles. The van der Waals surface area contributed by atoms with Crippen LogP contribution in [-0.4, -0.2) is 22.3 Å². The monoisotopic (exact) mass is 308 g/mol. The SMILES string of the molecule is c1ccc(-c2ncn(C[C@@H]3CCCCO3)c2-c2ccco2)cc1. The van der Waals surface area contributed by atoms with Crippen LogP contribution in [0.5, 0.6) is 0 Å². The summed E-state index contributed by atoms with van der Waals surface area (Å²) in [6.07, 6.45) is 7.38. The number of aromatic nitrogens is 2. The number of furan rings is 1. The molecule has 0 unspecified atom stereocenters. The molecule has 1 saturated heterocycles. The van der Waals surface area contributed by atoms with Gasteiger partial charge in [0.25, 0.3) is 0 Å². The third-order valence-corrected chi connectivity index (χ3v) is 4.31. The zero-order valence-corrected chi connectivity index (χ0v) is 13.0. The summed E-state index contributed by atoms with van der Waals surface area (Å²) in [6, 6.07) is 14.1. The van der Waals surface area contributed by atoms with Crippen LogP contribution in [0.15, 0.2) is 59.5 Å². The van der Waals surface area contributed by atoms with E-state index in [0.717, 1.165) is 42.3 Å². The predicted octanol–water partition coefficient (Wildman–Crippen LogP) is 4.38. The summed E-state index contributed by atoms with van der Waals surface area (Å²) in [7, 11) is 0. The molecular formula is C19H20N2O2. The van der Waals surface area contributed by atoms with Crippen LogP contribution in [-0.2, 0) is 11.3 Å². The van der Waals surface area contributed by atoms with Gasteiger partial charge in [-0.1, -0.05) is 30.3 Å². The Bertz CT molecular complexity index is 741. The fraction of sp³-hybridized carbons (Fsp3) is 0.316. The van der Waals surface area contributed by atoms with E-state index in [1.807, 2.05) is 36.7 Å². The molecule has 0 amide bonds. The Balaban J connectivity index is 1.73. The van der Waals surface area contributed by atoms with Crippen LogP contribution in [0, 0.1) is 0 Å². The van der Waals surface area contributed by atoms with Crippen molar-refractivity contribution in [2.24, 2.45) is 0 Å². The molecule has 1 fully saturated rings. The number of hydrogen-bond acceptors (Lipinski definition) is 3. The van der Waals surface area contributed by atoms with Gasteiger partial charge in [-0.05, 0) is 31.4 Å². The van der Waals surface area contributed by atoms with Crippen LogP contribution in [0.3, 0.4) is 0 Å². The smallest absolute Gasteiger partial charge is 0.152 e. The second-order valence-corrected chi connectivity index (χ2v) is 5.93. The van der Waals surface area contributed by atoms with E-state index in [0.29, 0.717) is 0 Å². The predicted molar refractivity (Wildman–Crippen MR) is 89.0 cm³/mol. The highest BCUT2D eigenvalue weighted by Gasteiger charge is 2.21. The summed E-state index contributed by atoms with van der Waals surface area (Å²) in [5.74, 6) is 0.845. The van der Waals surface area contributed by atoms with Crippen molar-refractivity contribution < 1.29 is 9.15 Å². The standard InChI is InChI=1S/C19H20N2O2/c1-2-7-15(8-3-1)18-19(17-10-6-12-23-17)21(14-20-18)13-16-9-4-5-11-22-16/h1-3,6-8,10,12,14,16H,4-5,9,11,13H2/t16-/m0/s1. The largest absolute Gasteiger partial charge is 0.463 e. The molecule has 4 nitrogen and oxygen atoms in total. The fourth-order valence-corrected chi connectivity index (χ4v) is 3.17. The van der Waals surface area contributed by atoms with Crippen molar-refractivity contribution in [1.29, 1.82) is 0 Å². The first-order valence-corrected chi connectivity index (χ1v) is 8.18. The highest BCUT2D eigenvalue weighted by Crippen LogP contribution is 2.32. The number of ether oxygens (including phenoxy) is 1. The summed E-state index contributed by atoms with van der Waals surface area (Å²) >= 11 is 0. The molecule has 118 valence electrons. The van der Waals surface area contributed by atoms with Gasteiger partial charge in [-0.15, -0.1) is 0 Å². The molecule has 1 aromatic carbocycles. The van der Waals surface area contributed by atoms with Gasteiger partial charge >= 0.3 is 0 Å². The minimum Gasteiger partial charge on any atom is -0.463 e. The molecule has 0 radical (unpaired) electrons. The van der Waals surface area contributed by atoms with Gasteiger partial charge < -0.3 is 13.7 Å². The number of rotatable bonds is 4. The normalized spacial score (nSPS) is 18.2. The fourth-order valence-electron chi connectivity index (χ4n) is 3.17. The highest BCUT2D eigenvalue weighted by molar-refractivity contribution is 5.76. The molecule has 0 aliphatic carbocycles. The summed E-state index contributed by atoms with van der Waals surface area (Å²) in [4.78, 5) is 4.66. The molecule has 1 atom stereocenters. The van der Waals surface area contributed by atoms with E-state index in [1.54, 1.807) is 6.26 Å². The molecular weight excluding hydrogens is 288 g/mol. The van der Waals surface area contributed by atoms with E-state index in [4.69, 9.17) is 9.15 Å². The van der Waals surface area contributed by atoms with Crippen molar-refractivity contribution in [1.82, 2.24) is 9.55 Å². The van der Waals surface area contributed by atoms with Crippen LogP contribution >= 0.6 is 0 Å². The van der Waals surface area contributed by atoms with Gasteiger partial charge in [-0.25, -0.2) is 4.98 Å². The van der Waals surface area contributed by atoms with E-state index >= 15 is 0 Å². The molecule has 1 aliphatic heterocycles. The zero-order valence-electron chi connectivity index (χ0n) is 13.0. The van der Waals surface area contributed by atoms with Gasteiger partial charge in [0.05, 0.1) is 30.9 Å². The van der Waals surface area contributed by atoms with Gasteiger partial charge in [0, 0.05) is 12.2 Å². The number of imidazole rings is 1. The third kappa shape index (κ3) is 2.94. The van der Waals surface area contributed by atoms with Crippen LogP contribution in [0.2, 0.25) is 0 Å². The van der Waals surface area contributed by atoms with E-state index in [1.165, 1.54) is 12.8 Å². The maximum absolute atomic E-state index is 5.89. The van der Waals surface area contributed by atoms with Crippen LogP contribution in [0.4, 0.5) is 0 Å². The second-order valence-electron chi connectivity index (χ2n) is 5.93. The second kappa shape index (κ2) is 6.42. The summed E-state index contributed by atoms with van der Waals surface area (Å²) in [6.45, 7) is 1.68. The first-order chi connectivity index (χ1) is 11.4. The van der Waals surface area contributed by atoms with Crippen molar-refractivity contribution in [2.45, 2.75) is 31.9 Å². The lowest BCUT2D eigenvalue weighted by atomic mass is 10.1. The van der Waals surface area contributed by atoms with Crippen molar-refractivity contribution in [3.63, 3.8) is 0 Å². The molecule has 0 N–H and O–H groups in total. The Kier molecular flexibility index (Phi) is 3.99. The molecule has 23 heavy (non-hydrogen) atoms. The molecule has 0 bridgehead atoms. The molecule has 1 aliphatic rings. The first-order valence-electron chi connectivity index (χ1n) is 8.18. The van der Waals surface area contributed by atoms with Crippen molar-refractivity contribution in [3.05, 3.63) is 55.1 Å². The lowest BCUT2D eigenvalue weighted by molar-refractivity contribution is 0.00619. The molecule has 4 rings (SSSR count). The topological polar surface area (TPSA) is 40.2 Å². The average Bonchev–Trinajstić information content (AvgIpc) is 3.26. The first kappa shape index (κ1) is 14.3. The lowest BCUT2D eigenvalue weighted by Crippen LogP contribution is -2.24. The van der Waals surface area contributed by atoms with Gasteiger partial charge in [0.2, 0.25) is 0 Å². The van der Waals surface area contributed by atoms with Crippen LogP contribution in [0.1, 0.15) is 19.3 Å². The number of hydrogen-bond donors (Lipinski definition) is 0. The van der Waals surface area contributed by atoms with E-state index in [2.05, 4.69) is 21.7 Å². The quantitative estimate of drug-likeness (QED) is 0.718. The average molecular weight is 308 g/mol. The highest BCUT2D eigenvalue weighted by atomic mass is 16.5. The third-order valence-electron chi connectivity index (χ3n) is 4.31. The molecule has 0 spiro atoms. The van der Waals surface area contributed by atoms with Crippen LogP contribution < -0.4 is 0 Å². The Morgan fingerprint density at radius 3 is 2.74 bits per heavy atom. The summed E-state index contributed by atoms with van der Waals surface area (Å²) in [5, 5.41) is 0. The van der Waals surface area contributed by atoms with Gasteiger partial charge in [-0.3, -0.25) is 0 Å². The van der Waals surface area contributed by atoms with Gasteiger partial charge in [0.1, 0.15) is 5.69 Å². The molecule has 4 heteroatoms. The minimum atomic E-state index is 0.260. The van der Waals surface area contributed by atoms with E-state index in [-0.39, 0.29) is 6.10 Å². The summed E-state index contributed by atoms with van der Waals surface area (Å²) in [5.41, 5.74) is 3.08. The lowest BCUT2D eigenvalue weighted by Gasteiger charge is -2.23. The Morgan fingerprint density at radius 2 is 2.00 bits per heavy atom. The zero-order chi connectivity index (χ0) is 15.5. The number of benzene rings is 1. The Hall–Kier alpha value is -2.33. The summed E-state index contributed by atoms with van der Waals surface area (Å²) < 4.78 is 13.7. The van der Waals surface area contributed by atoms with Crippen molar-refractivity contribution in [2.75, 3.05) is 6.61 Å². The van der Waals surface area contributed by atoms with Gasteiger partial charge in [-0.2, -0.15) is 0 Å². The van der Waals surface area contributed by atoms with Gasteiger partial charge in [0.15, 0.2) is 5.76 Å². The maximum atomic E-state index is 5.89. The molecule has 0 saturated carbocycles. The van der Waals surface area contributed by atoms with Crippen LogP contribution in [0.25, 0.3) is 22.7 Å². The Morgan fingerprint density at radius 1 is 1.09 bits per heavy atom. The molecule has 3 aromatic rings. The van der Waals surface area contributed by atoms with E-state index in [9.17, 15) is 0 Å². The van der Waals surface area contributed by atoms with Crippen molar-refractivity contribution in [3.8, 4) is 22.7 Å². The maximum Gasteiger partial charge on any atom is 0.152 e.